The third-order valence-electron chi connectivity index (χ3n) is 4.48. The average Bonchev–Trinajstić information content (AvgIpc) is 2.98. The molecule has 2 fully saturated rings. The highest BCUT2D eigenvalue weighted by molar-refractivity contribution is 8.16. The number of carbonyl (C=O) groups excluding carboxylic acids is 1. The number of amidine groups is 1. The zero-order valence-electron chi connectivity index (χ0n) is 13.8. The molecule has 136 valence electrons. The fourth-order valence-electron chi connectivity index (χ4n) is 2.90. The predicted octanol–water partition coefficient (Wildman–Crippen LogP) is 3.64. The number of nitrogens with zero attached hydrogens (tertiary/aromatic N) is 2. The molecule has 1 aromatic carbocycles. The van der Waals surface area contributed by atoms with Gasteiger partial charge in [0, 0.05) is 16.2 Å². The SMILES string of the molecule is CC[C@@H](C)C(=O)N=C1S[C@H]2CS(=O)(=O)C[C@H]2N1c1ccc(Cl)cc1Cl. The Balaban J connectivity index is 2.04. The Morgan fingerprint density at radius 3 is 2.76 bits per heavy atom. The molecule has 0 radical (unpaired) electrons. The Bertz CT molecular complexity index is 842. The maximum atomic E-state index is 12.3. The molecule has 0 aliphatic carbocycles. The molecule has 2 heterocycles. The van der Waals surface area contributed by atoms with Crippen LogP contribution in [-0.2, 0) is 14.6 Å². The van der Waals surface area contributed by atoms with Gasteiger partial charge in [-0.1, -0.05) is 48.8 Å². The zero-order chi connectivity index (χ0) is 18.4. The summed E-state index contributed by atoms with van der Waals surface area (Å²) in [5, 5.41) is 1.26. The van der Waals surface area contributed by atoms with Gasteiger partial charge in [0.25, 0.3) is 5.91 Å². The number of sulfone groups is 1. The molecule has 25 heavy (non-hydrogen) atoms. The Morgan fingerprint density at radius 1 is 1.40 bits per heavy atom. The van der Waals surface area contributed by atoms with Gasteiger partial charge in [-0.15, -0.1) is 0 Å². The molecule has 1 aromatic rings. The summed E-state index contributed by atoms with van der Waals surface area (Å²) in [5.74, 6) is -0.275. The first-order chi connectivity index (χ1) is 11.7. The van der Waals surface area contributed by atoms with Crippen molar-refractivity contribution in [2.24, 2.45) is 10.9 Å². The second kappa shape index (κ2) is 7.10. The van der Waals surface area contributed by atoms with Crippen molar-refractivity contribution in [1.29, 1.82) is 0 Å². The molecular weight excluding hydrogens is 403 g/mol. The lowest BCUT2D eigenvalue weighted by molar-refractivity contribution is -0.121. The normalized spacial score (nSPS) is 27.5. The highest BCUT2D eigenvalue weighted by Crippen LogP contribution is 2.43. The van der Waals surface area contributed by atoms with E-state index in [0.717, 1.165) is 0 Å². The molecule has 9 heteroatoms. The zero-order valence-corrected chi connectivity index (χ0v) is 16.9. The van der Waals surface area contributed by atoms with E-state index in [-0.39, 0.29) is 34.6 Å². The van der Waals surface area contributed by atoms with Gasteiger partial charge in [-0.05, 0) is 24.6 Å². The van der Waals surface area contributed by atoms with Crippen LogP contribution in [0.4, 0.5) is 5.69 Å². The van der Waals surface area contributed by atoms with E-state index in [4.69, 9.17) is 23.2 Å². The summed E-state index contributed by atoms with van der Waals surface area (Å²) in [7, 11) is -3.11. The van der Waals surface area contributed by atoms with Crippen LogP contribution in [-0.4, -0.2) is 42.3 Å². The summed E-state index contributed by atoms with van der Waals surface area (Å²) in [6.45, 7) is 3.76. The summed E-state index contributed by atoms with van der Waals surface area (Å²) in [6, 6.07) is 4.76. The number of fused-ring (bicyclic) bond motifs is 1. The van der Waals surface area contributed by atoms with Crippen molar-refractivity contribution < 1.29 is 13.2 Å². The number of anilines is 1. The second-order valence-corrected chi connectivity index (χ2v) is 10.5. The molecule has 0 unspecified atom stereocenters. The molecule has 0 aromatic heterocycles. The van der Waals surface area contributed by atoms with Crippen LogP contribution in [0.15, 0.2) is 23.2 Å². The van der Waals surface area contributed by atoms with Gasteiger partial charge in [-0.25, -0.2) is 8.42 Å². The molecule has 0 N–H and O–H groups in total. The molecule has 0 bridgehead atoms. The smallest absolute Gasteiger partial charge is 0.250 e. The third-order valence-corrected chi connectivity index (χ3v) is 8.22. The van der Waals surface area contributed by atoms with Gasteiger partial charge in [0.1, 0.15) is 0 Å². The number of carbonyl (C=O) groups is 1. The first-order valence-corrected chi connectivity index (χ1v) is 11.4. The van der Waals surface area contributed by atoms with E-state index in [1.807, 2.05) is 13.8 Å². The van der Waals surface area contributed by atoms with Crippen LogP contribution in [0.1, 0.15) is 20.3 Å². The lowest BCUT2D eigenvalue weighted by Gasteiger charge is -2.25. The number of halogens is 2. The topological polar surface area (TPSA) is 66.8 Å². The number of thioether (sulfide) groups is 1. The lowest BCUT2D eigenvalue weighted by Crippen LogP contribution is -2.38. The van der Waals surface area contributed by atoms with Crippen molar-refractivity contribution >= 4 is 61.6 Å². The molecule has 0 spiro atoms. The van der Waals surface area contributed by atoms with E-state index >= 15 is 0 Å². The van der Waals surface area contributed by atoms with Gasteiger partial charge in [-0.3, -0.25) is 4.79 Å². The van der Waals surface area contributed by atoms with Gasteiger partial charge in [0.2, 0.25) is 0 Å². The lowest BCUT2D eigenvalue weighted by atomic mass is 10.1. The van der Waals surface area contributed by atoms with Crippen LogP contribution in [0.5, 0.6) is 0 Å². The van der Waals surface area contributed by atoms with Crippen molar-refractivity contribution in [3.05, 3.63) is 28.2 Å². The van der Waals surface area contributed by atoms with E-state index in [9.17, 15) is 13.2 Å². The van der Waals surface area contributed by atoms with Gasteiger partial charge in [0.15, 0.2) is 15.0 Å². The van der Waals surface area contributed by atoms with Gasteiger partial charge in [-0.2, -0.15) is 4.99 Å². The van der Waals surface area contributed by atoms with Crippen LogP contribution >= 0.6 is 35.0 Å². The van der Waals surface area contributed by atoms with Crippen LogP contribution in [0.3, 0.4) is 0 Å². The number of hydrogen-bond acceptors (Lipinski definition) is 4. The van der Waals surface area contributed by atoms with Crippen molar-refractivity contribution in [3.63, 3.8) is 0 Å². The first kappa shape index (κ1) is 19.0. The van der Waals surface area contributed by atoms with E-state index in [2.05, 4.69) is 4.99 Å². The quantitative estimate of drug-likeness (QED) is 0.746. The van der Waals surface area contributed by atoms with Crippen molar-refractivity contribution in [3.8, 4) is 0 Å². The van der Waals surface area contributed by atoms with Crippen molar-refractivity contribution in [2.75, 3.05) is 16.4 Å². The van der Waals surface area contributed by atoms with E-state index in [0.29, 0.717) is 27.3 Å². The highest BCUT2D eigenvalue weighted by atomic mass is 35.5. The third kappa shape index (κ3) is 3.84. The Labute approximate surface area is 161 Å². The molecule has 3 rings (SSSR count). The fourth-order valence-corrected chi connectivity index (χ4v) is 7.31. The predicted molar refractivity (Wildman–Crippen MR) is 105 cm³/mol. The number of benzene rings is 1. The second-order valence-electron chi connectivity index (χ2n) is 6.31. The van der Waals surface area contributed by atoms with Crippen LogP contribution < -0.4 is 4.90 Å². The minimum absolute atomic E-state index is 0.0279. The summed E-state index contributed by atoms with van der Waals surface area (Å²) in [5.41, 5.74) is 0.624. The molecule has 1 amide bonds. The van der Waals surface area contributed by atoms with Gasteiger partial charge in [0.05, 0.1) is 28.3 Å². The summed E-state index contributed by atoms with van der Waals surface area (Å²) in [6.07, 6.45) is 0.698. The van der Waals surface area contributed by atoms with Gasteiger partial charge < -0.3 is 4.90 Å². The minimum atomic E-state index is -3.11. The molecular formula is C16H18Cl2N2O3S2. The molecule has 3 atom stereocenters. The molecule has 2 saturated heterocycles. The van der Waals surface area contributed by atoms with Gasteiger partial charge >= 0.3 is 0 Å². The summed E-state index contributed by atoms with van der Waals surface area (Å²) >= 11 is 13.7. The Morgan fingerprint density at radius 2 is 2.12 bits per heavy atom. The van der Waals surface area contributed by atoms with Crippen molar-refractivity contribution in [1.82, 2.24) is 0 Å². The van der Waals surface area contributed by atoms with E-state index < -0.39 is 9.84 Å². The molecule has 5 nitrogen and oxygen atoms in total. The fraction of sp³-hybridized carbons (Fsp3) is 0.500. The van der Waals surface area contributed by atoms with Crippen LogP contribution in [0, 0.1) is 5.92 Å². The van der Waals surface area contributed by atoms with Crippen molar-refractivity contribution in [2.45, 2.75) is 31.6 Å². The number of aliphatic imine (C=N–C) groups is 1. The van der Waals surface area contributed by atoms with E-state index in [1.165, 1.54) is 11.8 Å². The van der Waals surface area contributed by atoms with Crippen LogP contribution in [0.2, 0.25) is 10.0 Å². The molecule has 2 aliphatic heterocycles. The van der Waals surface area contributed by atoms with Crippen LogP contribution in [0.25, 0.3) is 0 Å². The molecule has 0 saturated carbocycles. The number of amides is 1. The standard InChI is InChI=1S/C16H18Cl2N2O3S2/c1-3-9(2)15(21)19-16-20(12-5-4-10(17)6-11(12)18)13-7-25(22,23)8-14(13)24-16/h4-6,9,13-14H,3,7-8H2,1-2H3/t9-,13-,14+/m1/s1. The summed E-state index contributed by atoms with van der Waals surface area (Å²) < 4.78 is 24.1. The monoisotopic (exact) mass is 420 g/mol. The number of hydrogen-bond donors (Lipinski definition) is 0. The largest absolute Gasteiger partial charge is 0.314 e. The maximum Gasteiger partial charge on any atom is 0.250 e. The first-order valence-electron chi connectivity index (χ1n) is 7.95. The Kier molecular flexibility index (Phi) is 5.40. The number of rotatable bonds is 3. The Hall–Kier alpha value is -0.760. The molecule has 2 aliphatic rings. The maximum absolute atomic E-state index is 12.3. The summed E-state index contributed by atoms with van der Waals surface area (Å²) in [4.78, 5) is 18.4. The minimum Gasteiger partial charge on any atom is -0.314 e. The highest BCUT2D eigenvalue weighted by Gasteiger charge is 2.49. The average molecular weight is 421 g/mol. The van der Waals surface area contributed by atoms with E-state index in [1.54, 1.807) is 23.1 Å².